The lowest BCUT2D eigenvalue weighted by Crippen LogP contribution is -2.34. The van der Waals surface area contributed by atoms with Gasteiger partial charge in [0.05, 0.1) is 10.4 Å². The van der Waals surface area contributed by atoms with Crippen LogP contribution in [0, 0.1) is 0 Å². The van der Waals surface area contributed by atoms with E-state index in [2.05, 4.69) is 9.64 Å². The van der Waals surface area contributed by atoms with Crippen LogP contribution in [0.2, 0.25) is 0 Å². The van der Waals surface area contributed by atoms with Crippen molar-refractivity contribution in [2.24, 2.45) is 0 Å². The summed E-state index contributed by atoms with van der Waals surface area (Å²) in [5.74, 6) is -2.60. The van der Waals surface area contributed by atoms with Crippen LogP contribution in [-0.4, -0.2) is 60.6 Å². The number of carbonyl (C=O) groups excluding carboxylic acids is 2. The van der Waals surface area contributed by atoms with E-state index >= 15 is 0 Å². The number of ether oxygens (including phenoxy) is 1. The normalized spacial score (nSPS) is 14.8. The molecule has 0 unspecified atom stereocenters. The third-order valence-electron chi connectivity index (χ3n) is 5.95. The van der Waals surface area contributed by atoms with Crippen LogP contribution in [0.5, 0.6) is 0 Å². The standard InChI is InChI=1S/C24H24F3N3O5S/c1-28(23(32)35-22(31)24(25,26)27)15-17-13-18(16-29-10-5-6-11-29)20-9-12-30(21(20)14-17)36(33,34)19-7-3-2-4-8-19/h2-4,7-9,12-14H,5-6,10-11,15-16H2,1H3. The van der Waals surface area contributed by atoms with Crippen LogP contribution in [0.25, 0.3) is 10.9 Å². The fraction of sp³-hybridized carbons (Fsp3) is 0.333. The number of esters is 1. The highest BCUT2D eigenvalue weighted by atomic mass is 32.2. The Morgan fingerprint density at radius 3 is 2.36 bits per heavy atom. The Morgan fingerprint density at radius 2 is 1.72 bits per heavy atom. The van der Waals surface area contributed by atoms with Gasteiger partial charge in [-0.05, 0) is 61.3 Å². The lowest BCUT2D eigenvalue weighted by molar-refractivity contribution is -0.193. The van der Waals surface area contributed by atoms with Gasteiger partial charge in [0, 0.05) is 31.7 Å². The first kappa shape index (κ1) is 25.7. The van der Waals surface area contributed by atoms with E-state index in [1.165, 1.54) is 25.4 Å². The minimum absolute atomic E-state index is 0.0976. The molecule has 4 rings (SSSR count). The first-order valence-corrected chi connectivity index (χ1v) is 12.6. The highest BCUT2D eigenvalue weighted by Gasteiger charge is 2.43. The maximum Gasteiger partial charge on any atom is 0.491 e. The van der Waals surface area contributed by atoms with Crippen molar-refractivity contribution in [2.45, 2.75) is 37.0 Å². The molecule has 0 bridgehead atoms. The highest BCUT2D eigenvalue weighted by Crippen LogP contribution is 2.29. The number of amides is 1. The number of likely N-dealkylation sites (tertiary alicyclic amines) is 1. The number of fused-ring (bicyclic) bond motifs is 1. The number of rotatable bonds is 6. The molecule has 0 saturated carbocycles. The molecule has 8 nitrogen and oxygen atoms in total. The quantitative estimate of drug-likeness (QED) is 0.357. The smallest absolute Gasteiger partial charge is 0.369 e. The number of aromatic nitrogens is 1. The van der Waals surface area contributed by atoms with Crippen LogP contribution >= 0.6 is 0 Å². The first-order chi connectivity index (χ1) is 17.0. The Bertz CT molecular complexity index is 1380. The predicted molar refractivity (Wildman–Crippen MR) is 124 cm³/mol. The van der Waals surface area contributed by atoms with Crippen molar-refractivity contribution in [3.63, 3.8) is 0 Å². The summed E-state index contributed by atoms with van der Waals surface area (Å²) in [6.45, 7) is 2.12. The molecule has 3 aromatic rings. The van der Waals surface area contributed by atoms with Gasteiger partial charge in [0.1, 0.15) is 0 Å². The molecule has 1 aromatic heterocycles. The molecular formula is C24H24F3N3O5S. The van der Waals surface area contributed by atoms with Crippen molar-refractivity contribution >= 4 is 33.0 Å². The van der Waals surface area contributed by atoms with Gasteiger partial charge < -0.3 is 9.64 Å². The third-order valence-corrected chi connectivity index (χ3v) is 7.66. The van der Waals surface area contributed by atoms with E-state index in [1.54, 1.807) is 36.4 Å². The molecule has 1 fully saturated rings. The van der Waals surface area contributed by atoms with E-state index in [-0.39, 0.29) is 11.4 Å². The largest absolute Gasteiger partial charge is 0.491 e. The molecule has 0 aliphatic carbocycles. The van der Waals surface area contributed by atoms with E-state index < -0.39 is 28.3 Å². The zero-order valence-corrected chi connectivity index (χ0v) is 20.2. The monoisotopic (exact) mass is 523 g/mol. The van der Waals surface area contributed by atoms with Gasteiger partial charge in [-0.2, -0.15) is 13.2 Å². The number of nitrogens with zero attached hydrogens (tertiary/aromatic N) is 3. The van der Waals surface area contributed by atoms with Crippen molar-refractivity contribution in [1.82, 2.24) is 13.8 Å². The van der Waals surface area contributed by atoms with Crippen molar-refractivity contribution < 1.29 is 35.9 Å². The Labute approximate surface area is 205 Å². The van der Waals surface area contributed by atoms with E-state index in [1.807, 2.05) is 0 Å². The summed E-state index contributed by atoms with van der Waals surface area (Å²) < 4.78 is 69.2. The topological polar surface area (TPSA) is 88.9 Å². The van der Waals surface area contributed by atoms with Crippen LogP contribution < -0.4 is 0 Å². The number of halogens is 3. The predicted octanol–water partition coefficient (Wildman–Crippen LogP) is 4.13. The molecule has 0 atom stereocenters. The van der Waals surface area contributed by atoms with Gasteiger partial charge in [0.2, 0.25) is 0 Å². The molecule has 1 aliphatic heterocycles. The second-order valence-electron chi connectivity index (χ2n) is 8.61. The Kier molecular flexibility index (Phi) is 7.10. The maximum atomic E-state index is 13.3. The van der Waals surface area contributed by atoms with Gasteiger partial charge in [0.25, 0.3) is 10.0 Å². The summed E-state index contributed by atoms with van der Waals surface area (Å²) >= 11 is 0. The van der Waals surface area contributed by atoms with E-state index in [0.717, 1.165) is 40.4 Å². The SMILES string of the molecule is CN(Cc1cc(CN2CCCC2)c2ccn(S(=O)(=O)c3ccccc3)c2c1)C(=O)OC(=O)C(F)(F)F. The molecule has 2 heterocycles. The van der Waals surface area contributed by atoms with Crippen LogP contribution in [0.4, 0.5) is 18.0 Å². The average molecular weight is 524 g/mol. The summed E-state index contributed by atoms with van der Waals surface area (Å²) in [7, 11) is -2.74. The summed E-state index contributed by atoms with van der Waals surface area (Å²) in [5, 5.41) is 0.711. The zero-order valence-electron chi connectivity index (χ0n) is 19.4. The molecule has 12 heteroatoms. The molecule has 192 valence electrons. The van der Waals surface area contributed by atoms with Crippen molar-refractivity contribution in [2.75, 3.05) is 20.1 Å². The minimum Gasteiger partial charge on any atom is -0.369 e. The Balaban J connectivity index is 1.71. The summed E-state index contributed by atoms with van der Waals surface area (Å²) in [6, 6.07) is 13.0. The highest BCUT2D eigenvalue weighted by molar-refractivity contribution is 7.90. The number of hydrogen-bond donors (Lipinski definition) is 0. The lowest BCUT2D eigenvalue weighted by atomic mass is 10.0. The number of benzene rings is 2. The molecule has 0 radical (unpaired) electrons. The molecule has 1 aliphatic rings. The number of hydrogen-bond acceptors (Lipinski definition) is 6. The van der Waals surface area contributed by atoms with E-state index in [9.17, 15) is 31.2 Å². The van der Waals surface area contributed by atoms with Gasteiger partial charge >= 0.3 is 18.2 Å². The fourth-order valence-corrected chi connectivity index (χ4v) is 5.59. The van der Waals surface area contributed by atoms with Crippen molar-refractivity contribution in [3.8, 4) is 0 Å². The number of carbonyl (C=O) groups is 2. The lowest BCUT2D eigenvalue weighted by Gasteiger charge is -2.20. The summed E-state index contributed by atoms with van der Waals surface area (Å²) in [4.78, 5) is 26.2. The molecule has 1 saturated heterocycles. The zero-order chi connectivity index (χ0) is 26.1. The number of alkyl halides is 3. The van der Waals surface area contributed by atoms with Crippen molar-refractivity contribution in [3.05, 3.63) is 65.9 Å². The third kappa shape index (κ3) is 5.39. The molecule has 0 spiro atoms. The van der Waals surface area contributed by atoms with Crippen LogP contribution in [0.1, 0.15) is 24.0 Å². The van der Waals surface area contributed by atoms with E-state index in [0.29, 0.717) is 23.0 Å². The molecule has 1 amide bonds. The van der Waals surface area contributed by atoms with Gasteiger partial charge in [-0.25, -0.2) is 22.0 Å². The second-order valence-corrected chi connectivity index (χ2v) is 10.4. The van der Waals surface area contributed by atoms with Gasteiger partial charge in [-0.15, -0.1) is 0 Å². The first-order valence-electron chi connectivity index (χ1n) is 11.2. The molecule has 36 heavy (non-hydrogen) atoms. The van der Waals surface area contributed by atoms with Crippen LogP contribution in [0.3, 0.4) is 0 Å². The molecule has 0 N–H and O–H groups in total. The summed E-state index contributed by atoms with van der Waals surface area (Å²) in [5.41, 5.74) is 1.66. The van der Waals surface area contributed by atoms with Gasteiger partial charge in [0.15, 0.2) is 0 Å². The van der Waals surface area contributed by atoms with Gasteiger partial charge in [-0.1, -0.05) is 24.3 Å². The molecular weight excluding hydrogens is 499 g/mol. The Hall–Kier alpha value is -3.38. The van der Waals surface area contributed by atoms with Gasteiger partial charge in [-0.3, -0.25) is 4.90 Å². The maximum absolute atomic E-state index is 13.3. The second kappa shape index (κ2) is 9.94. The van der Waals surface area contributed by atoms with Crippen LogP contribution in [0.15, 0.2) is 59.6 Å². The minimum atomic E-state index is -5.30. The van der Waals surface area contributed by atoms with Crippen LogP contribution in [-0.2, 0) is 32.6 Å². The summed E-state index contributed by atoms with van der Waals surface area (Å²) in [6.07, 6.45) is -3.21. The van der Waals surface area contributed by atoms with Crippen molar-refractivity contribution in [1.29, 1.82) is 0 Å². The Morgan fingerprint density at radius 1 is 1.06 bits per heavy atom. The fourth-order valence-electron chi connectivity index (χ4n) is 4.23. The average Bonchev–Trinajstić information content (AvgIpc) is 3.49. The van der Waals surface area contributed by atoms with E-state index in [4.69, 9.17) is 0 Å². The molecule has 2 aromatic carbocycles.